The zero-order valence-corrected chi connectivity index (χ0v) is 19.4. The van der Waals surface area contributed by atoms with Gasteiger partial charge < -0.3 is 0 Å². The van der Waals surface area contributed by atoms with Gasteiger partial charge in [0.25, 0.3) is 20.2 Å². The predicted octanol–water partition coefficient (Wildman–Crippen LogP) is 3.72. The topological polar surface area (TPSA) is 257 Å². The number of azide groups is 2. The molecule has 0 aromatic heterocycles. The summed E-state index contributed by atoms with van der Waals surface area (Å²) in [6, 6.07) is 5.56. The molecule has 2 aromatic carbocycles. The average molecular weight is 534 g/mol. The molecule has 2 N–H and O–H groups in total. The highest BCUT2D eigenvalue weighted by atomic mass is 32.2. The summed E-state index contributed by atoms with van der Waals surface area (Å²) in [5.41, 5.74) is 15.4. The molecule has 1 saturated carbocycles. The maximum atomic E-state index is 13.0. The van der Waals surface area contributed by atoms with E-state index < -0.39 is 70.3 Å². The van der Waals surface area contributed by atoms with Crippen molar-refractivity contribution >= 4 is 49.0 Å². The van der Waals surface area contributed by atoms with Crippen molar-refractivity contribution in [2.45, 2.75) is 22.6 Å². The first kappa shape index (κ1) is 26.5. The summed E-state index contributed by atoms with van der Waals surface area (Å²) in [4.78, 5) is 42.3. The number of benzene rings is 2. The number of carbonyl (C=O) groups is 3. The molecule has 36 heavy (non-hydrogen) atoms. The van der Waals surface area contributed by atoms with E-state index in [-0.39, 0.29) is 24.2 Å². The molecular weight excluding hydrogens is 520 g/mol. The zero-order chi connectivity index (χ0) is 26.8. The van der Waals surface area contributed by atoms with E-state index in [0.29, 0.717) is 0 Å². The van der Waals surface area contributed by atoms with Gasteiger partial charge in [0.05, 0.1) is 11.8 Å². The van der Waals surface area contributed by atoms with Crippen molar-refractivity contribution in [2.75, 3.05) is 0 Å². The Balaban J connectivity index is 1.99. The molecule has 0 aliphatic heterocycles. The van der Waals surface area contributed by atoms with Crippen molar-refractivity contribution < 1.29 is 40.3 Å². The molecule has 1 aliphatic carbocycles. The second-order valence-electron chi connectivity index (χ2n) is 7.50. The maximum Gasteiger partial charge on any atom is 0.295 e. The second-order valence-corrected chi connectivity index (χ2v) is 10.3. The monoisotopic (exact) mass is 534 g/mol. The smallest absolute Gasteiger partial charge is 0.295 e. The van der Waals surface area contributed by atoms with E-state index in [0.717, 1.165) is 36.4 Å². The number of rotatable bonds is 8. The van der Waals surface area contributed by atoms with Crippen LogP contribution in [0.15, 0.2) is 56.4 Å². The molecule has 0 radical (unpaired) electrons. The normalized spacial score (nSPS) is 17.7. The molecule has 2 atom stereocenters. The zero-order valence-electron chi connectivity index (χ0n) is 17.8. The molecule has 1 aliphatic rings. The van der Waals surface area contributed by atoms with Crippen molar-refractivity contribution in [3.63, 3.8) is 0 Å². The van der Waals surface area contributed by atoms with E-state index >= 15 is 0 Å². The van der Waals surface area contributed by atoms with Crippen molar-refractivity contribution in [1.29, 1.82) is 0 Å². The Morgan fingerprint density at radius 1 is 0.778 bits per heavy atom. The van der Waals surface area contributed by atoms with Crippen LogP contribution >= 0.6 is 0 Å². The Morgan fingerprint density at radius 2 is 1.14 bits per heavy atom. The molecule has 0 heterocycles. The molecule has 1 fully saturated rings. The van der Waals surface area contributed by atoms with E-state index in [4.69, 9.17) is 11.1 Å². The number of Topliss-reactive ketones (excluding diaryl/α,β-unsaturated/α-hetero) is 3. The van der Waals surface area contributed by atoms with Crippen molar-refractivity contribution in [2.24, 2.45) is 22.1 Å². The summed E-state index contributed by atoms with van der Waals surface area (Å²) in [6.45, 7) is 0. The van der Waals surface area contributed by atoms with E-state index in [1.807, 2.05) is 0 Å². The Hall–Kier alpha value is -4.11. The lowest BCUT2D eigenvalue weighted by Crippen LogP contribution is -2.28. The highest BCUT2D eigenvalue weighted by molar-refractivity contribution is 7.86. The van der Waals surface area contributed by atoms with Crippen molar-refractivity contribution in [1.82, 2.24) is 0 Å². The van der Waals surface area contributed by atoms with E-state index in [1.165, 1.54) is 0 Å². The standard InChI is InChI=1S/C19H14N6O9S2/c20-24-22-9-1-3-11(15(7-9)35(29,30)31)17(26)13-5-6-14(19(13)28)18(27)12-4-2-10(23-25-21)8-16(12)36(32,33)34/h1-4,7-8,13-14H,5-6H2,(H,29,30,31)(H,32,33,34). The van der Waals surface area contributed by atoms with Crippen molar-refractivity contribution in [3.05, 3.63) is 68.4 Å². The number of hydrogen-bond donors (Lipinski definition) is 2. The summed E-state index contributed by atoms with van der Waals surface area (Å²) in [5.74, 6) is -5.97. The molecule has 3 rings (SSSR count). The van der Waals surface area contributed by atoms with Crippen LogP contribution in [0.2, 0.25) is 0 Å². The molecule has 0 amide bonds. The average Bonchev–Trinajstić information content (AvgIpc) is 3.18. The molecule has 0 spiro atoms. The Morgan fingerprint density at radius 3 is 1.44 bits per heavy atom. The van der Waals surface area contributed by atoms with Gasteiger partial charge in [0.15, 0.2) is 17.3 Å². The van der Waals surface area contributed by atoms with Crippen LogP contribution in [0.4, 0.5) is 11.4 Å². The van der Waals surface area contributed by atoms with Gasteiger partial charge in [-0.05, 0) is 48.2 Å². The molecule has 0 bridgehead atoms. The van der Waals surface area contributed by atoms with Crippen LogP contribution in [0, 0.1) is 11.8 Å². The van der Waals surface area contributed by atoms with Crippen LogP contribution in [0.1, 0.15) is 33.6 Å². The lowest BCUT2D eigenvalue weighted by molar-refractivity contribution is -0.121. The number of nitrogens with zero attached hydrogens (tertiary/aromatic N) is 6. The fourth-order valence-electron chi connectivity index (χ4n) is 3.84. The third-order valence-corrected chi connectivity index (χ3v) is 7.19. The van der Waals surface area contributed by atoms with E-state index in [9.17, 15) is 40.3 Å². The van der Waals surface area contributed by atoms with E-state index in [1.54, 1.807) is 0 Å². The van der Waals surface area contributed by atoms with Crippen LogP contribution in [0.25, 0.3) is 20.9 Å². The van der Waals surface area contributed by atoms with Gasteiger partial charge in [0.1, 0.15) is 9.79 Å². The first-order chi connectivity index (χ1) is 16.8. The molecule has 2 unspecified atom stereocenters. The molecule has 17 heteroatoms. The van der Waals surface area contributed by atoms with Gasteiger partial charge in [-0.15, -0.1) is 0 Å². The lowest BCUT2D eigenvalue weighted by Gasteiger charge is -2.13. The quantitative estimate of drug-likeness (QED) is 0.125. The third-order valence-electron chi connectivity index (χ3n) is 5.40. The van der Waals surface area contributed by atoms with Crippen LogP contribution in [0.5, 0.6) is 0 Å². The lowest BCUT2D eigenvalue weighted by atomic mass is 9.90. The Labute approximate surface area is 202 Å². The van der Waals surface area contributed by atoms with Crippen LogP contribution < -0.4 is 0 Å². The molecular formula is C19H14N6O9S2. The minimum Gasteiger partial charge on any atom is -0.298 e. The minimum absolute atomic E-state index is 0.199. The fraction of sp³-hybridized carbons (Fsp3) is 0.211. The van der Waals surface area contributed by atoms with Crippen LogP contribution in [-0.2, 0) is 25.0 Å². The van der Waals surface area contributed by atoms with Gasteiger partial charge in [-0.25, -0.2) is 0 Å². The number of hydrogen-bond acceptors (Lipinski definition) is 9. The minimum atomic E-state index is -4.98. The number of carbonyl (C=O) groups excluding carboxylic acids is 3. The maximum absolute atomic E-state index is 13.0. The van der Waals surface area contributed by atoms with Crippen LogP contribution in [0.3, 0.4) is 0 Å². The largest absolute Gasteiger partial charge is 0.298 e. The van der Waals surface area contributed by atoms with Gasteiger partial charge in [-0.3, -0.25) is 23.5 Å². The highest BCUT2D eigenvalue weighted by Crippen LogP contribution is 2.36. The summed E-state index contributed by atoms with van der Waals surface area (Å²) in [5, 5.41) is 6.39. The van der Waals surface area contributed by atoms with Gasteiger partial charge in [-0.2, -0.15) is 16.8 Å². The van der Waals surface area contributed by atoms with Gasteiger partial charge in [0, 0.05) is 32.3 Å². The Kier molecular flexibility index (Phi) is 7.26. The first-order valence-corrected chi connectivity index (χ1v) is 12.6. The molecule has 0 saturated heterocycles. The van der Waals surface area contributed by atoms with Crippen molar-refractivity contribution in [3.8, 4) is 0 Å². The summed E-state index contributed by atoms with van der Waals surface area (Å²) in [7, 11) is -9.96. The Bertz CT molecular complexity index is 1500. The second kappa shape index (κ2) is 9.87. The number of ketones is 3. The molecule has 186 valence electrons. The molecule has 2 aromatic rings. The van der Waals surface area contributed by atoms with Gasteiger partial charge >= 0.3 is 0 Å². The SMILES string of the molecule is [N-]=[N+]=Nc1ccc(C(=O)C2CCC(C(=O)c3ccc(N=[N+]=[N-])cc3S(=O)(=O)O)C2=O)c(S(=O)(=O)O)c1. The highest BCUT2D eigenvalue weighted by Gasteiger charge is 2.44. The molecule has 15 nitrogen and oxygen atoms in total. The van der Waals surface area contributed by atoms with Gasteiger partial charge in [0.2, 0.25) is 0 Å². The van der Waals surface area contributed by atoms with E-state index in [2.05, 4.69) is 20.1 Å². The first-order valence-electron chi connectivity index (χ1n) is 9.75. The third kappa shape index (κ3) is 5.26. The summed E-state index contributed by atoms with van der Waals surface area (Å²) in [6.07, 6.45) is -0.399. The fourth-order valence-corrected chi connectivity index (χ4v) is 5.27. The summed E-state index contributed by atoms with van der Waals surface area (Å²) < 4.78 is 66.2. The van der Waals surface area contributed by atoms with Gasteiger partial charge in [-0.1, -0.05) is 22.4 Å². The van der Waals surface area contributed by atoms with Crippen LogP contribution in [-0.4, -0.2) is 43.3 Å². The summed E-state index contributed by atoms with van der Waals surface area (Å²) >= 11 is 0. The predicted molar refractivity (Wildman–Crippen MR) is 120 cm³/mol.